The Bertz CT molecular complexity index is 815. The highest BCUT2D eigenvalue weighted by atomic mass is 32.2. The summed E-state index contributed by atoms with van der Waals surface area (Å²) in [4.78, 5) is 23.4. The van der Waals surface area contributed by atoms with Crippen LogP contribution >= 0.6 is 11.3 Å². The molecular weight excluding hydrogens is 312 g/mol. The molecule has 21 heavy (non-hydrogen) atoms. The third-order valence-corrected chi connectivity index (χ3v) is 6.37. The van der Waals surface area contributed by atoms with Crippen molar-refractivity contribution in [2.24, 2.45) is 0 Å². The maximum Gasteiger partial charge on any atom is 0.266 e. The van der Waals surface area contributed by atoms with E-state index in [1.165, 1.54) is 17.5 Å². The molecule has 0 aromatic carbocycles. The summed E-state index contributed by atoms with van der Waals surface area (Å²) in [6.07, 6.45) is 3.07. The molecule has 112 valence electrons. The average Bonchev–Trinajstić information content (AvgIpc) is 2.75. The van der Waals surface area contributed by atoms with Crippen LogP contribution in [0.4, 0.5) is 5.69 Å². The second kappa shape index (κ2) is 4.92. The molecule has 2 N–H and O–H groups in total. The Morgan fingerprint density at radius 1 is 1.43 bits per heavy atom. The van der Waals surface area contributed by atoms with Gasteiger partial charge in [-0.2, -0.15) is 0 Å². The minimum atomic E-state index is -3.06. The van der Waals surface area contributed by atoms with Crippen molar-refractivity contribution in [3.05, 3.63) is 17.3 Å². The molecule has 0 bridgehead atoms. The van der Waals surface area contributed by atoms with Gasteiger partial charge in [-0.3, -0.25) is 4.79 Å². The maximum atomic E-state index is 12.6. The van der Waals surface area contributed by atoms with Crippen LogP contribution in [0.15, 0.2) is 12.4 Å². The molecule has 1 unspecified atom stereocenters. The number of amides is 1. The summed E-state index contributed by atoms with van der Waals surface area (Å²) in [6.45, 7) is 1.92. The Morgan fingerprint density at radius 3 is 2.81 bits per heavy atom. The first kappa shape index (κ1) is 14.2. The number of rotatable bonds is 1. The molecule has 2 aromatic heterocycles. The van der Waals surface area contributed by atoms with Crippen LogP contribution in [0.2, 0.25) is 0 Å². The molecule has 7 nitrogen and oxygen atoms in total. The van der Waals surface area contributed by atoms with Crippen molar-refractivity contribution in [3.63, 3.8) is 0 Å². The number of carbonyl (C=O) groups is 1. The lowest BCUT2D eigenvalue weighted by Crippen LogP contribution is -2.49. The van der Waals surface area contributed by atoms with Gasteiger partial charge >= 0.3 is 0 Å². The van der Waals surface area contributed by atoms with Crippen molar-refractivity contribution >= 4 is 43.1 Å². The highest BCUT2D eigenvalue weighted by molar-refractivity contribution is 7.91. The minimum Gasteiger partial charge on any atom is -0.396 e. The van der Waals surface area contributed by atoms with Gasteiger partial charge in [-0.05, 0) is 6.92 Å². The van der Waals surface area contributed by atoms with Crippen molar-refractivity contribution in [1.82, 2.24) is 14.9 Å². The van der Waals surface area contributed by atoms with Crippen molar-refractivity contribution in [3.8, 4) is 0 Å². The summed E-state index contributed by atoms with van der Waals surface area (Å²) >= 11 is 1.19. The second-order valence-corrected chi connectivity index (χ2v) is 8.24. The fourth-order valence-corrected chi connectivity index (χ4v) is 4.97. The van der Waals surface area contributed by atoms with Gasteiger partial charge in [0.05, 0.1) is 17.2 Å². The van der Waals surface area contributed by atoms with Gasteiger partial charge in [0, 0.05) is 25.0 Å². The summed E-state index contributed by atoms with van der Waals surface area (Å²) in [7, 11) is -3.06. The summed E-state index contributed by atoms with van der Waals surface area (Å²) in [6, 6.07) is -0.359. The van der Waals surface area contributed by atoms with Crippen LogP contribution in [0.1, 0.15) is 16.6 Å². The lowest BCUT2D eigenvalue weighted by molar-refractivity contribution is 0.0718. The van der Waals surface area contributed by atoms with Gasteiger partial charge < -0.3 is 10.6 Å². The number of sulfone groups is 1. The molecule has 1 amide bonds. The largest absolute Gasteiger partial charge is 0.396 e. The van der Waals surface area contributed by atoms with Crippen LogP contribution in [-0.4, -0.2) is 53.3 Å². The number of anilines is 1. The molecule has 2 aromatic rings. The molecule has 0 aliphatic carbocycles. The quantitative estimate of drug-likeness (QED) is 0.819. The number of nitrogens with two attached hydrogens (primary N) is 1. The van der Waals surface area contributed by atoms with E-state index in [4.69, 9.17) is 5.73 Å². The topological polar surface area (TPSA) is 106 Å². The molecule has 1 aliphatic rings. The Morgan fingerprint density at radius 2 is 2.14 bits per heavy atom. The molecule has 1 saturated heterocycles. The van der Waals surface area contributed by atoms with E-state index in [-0.39, 0.29) is 30.0 Å². The highest BCUT2D eigenvalue weighted by Gasteiger charge is 2.33. The van der Waals surface area contributed by atoms with E-state index in [1.54, 1.807) is 18.0 Å². The predicted molar refractivity (Wildman–Crippen MR) is 81.0 cm³/mol. The lowest BCUT2D eigenvalue weighted by atomic mass is 10.2. The molecule has 1 atom stereocenters. The summed E-state index contributed by atoms with van der Waals surface area (Å²) in [5, 5.41) is 0. The first-order chi connectivity index (χ1) is 9.89. The Kier molecular flexibility index (Phi) is 3.33. The first-order valence-corrected chi connectivity index (χ1v) is 9.03. The summed E-state index contributed by atoms with van der Waals surface area (Å²) in [5.74, 6) is -0.274. The highest BCUT2D eigenvalue weighted by Crippen LogP contribution is 2.32. The summed E-state index contributed by atoms with van der Waals surface area (Å²) in [5.41, 5.74) is 6.82. The Balaban J connectivity index is 1.96. The lowest BCUT2D eigenvalue weighted by Gasteiger charge is -2.32. The van der Waals surface area contributed by atoms with Crippen LogP contribution in [0.3, 0.4) is 0 Å². The minimum absolute atomic E-state index is 0.00954. The molecule has 9 heteroatoms. The number of carbonyl (C=O) groups excluding carboxylic acids is 1. The zero-order valence-electron chi connectivity index (χ0n) is 11.3. The van der Waals surface area contributed by atoms with Gasteiger partial charge in [0.1, 0.15) is 15.2 Å². The third-order valence-electron chi connectivity index (χ3n) is 3.49. The van der Waals surface area contributed by atoms with Gasteiger partial charge in [-0.1, -0.05) is 0 Å². The van der Waals surface area contributed by atoms with Crippen molar-refractivity contribution in [2.45, 2.75) is 13.0 Å². The number of nitrogens with zero attached hydrogens (tertiary/aromatic N) is 3. The fraction of sp³-hybridized carbons (Fsp3) is 0.417. The molecule has 3 rings (SSSR count). The third kappa shape index (κ3) is 2.46. The van der Waals surface area contributed by atoms with E-state index in [2.05, 4.69) is 9.97 Å². The Labute approximate surface area is 125 Å². The standard InChI is InChI=1S/C12H14N4O3S2/c1-7-6-21(18,19)5-4-16(7)12(17)10-8(13)9-11(20-10)15-3-2-14-9/h2-3,7H,4-6,13H2,1H3. The van der Waals surface area contributed by atoms with Gasteiger partial charge in [-0.15, -0.1) is 11.3 Å². The zero-order chi connectivity index (χ0) is 15.2. The van der Waals surface area contributed by atoms with Gasteiger partial charge in [0.2, 0.25) is 0 Å². The molecule has 1 fully saturated rings. The van der Waals surface area contributed by atoms with Crippen molar-refractivity contribution in [2.75, 3.05) is 23.8 Å². The van der Waals surface area contributed by atoms with Crippen LogP contribution in [0, 0.1) is 0 Å². The van der Waals surface area contributed by atoms with E-state index in [1.807, 2.05) is 0 Å². The predicted octanol–water partition coefficient (Wildman–Crippen LogP) is 0.533. The van der Waals surface area contributed by atoms with Crippen LogP contribution < -0.4 is 5.73 Å². The Hall–Kier alpha value is -1.74. The van der Waals surface area contributed by atoms with E-state index in [0.29, 0.717) is 20.9 Å². The monoisotopic (exact) mass is 326 g/mol. The molecule has 0 radical (unpaired) electrons. The molecule has 0 saturated carbocycles. The number of fused-ring (bicyclic) bond motifs is 1. The number of nitrogen functional groups attached to an aromatic ring is 1. The smallest absolute Gasteiger partial charge is 0.266 e. The number of thiophene rings is 1. The number of hydrogen-bond donors (Lipinski definition) is 1. The van der Waals surface area contributed by atoms with E-state index >= 15 is 0 Å². The van der Waals surface area contributed by atoms with E-state index in [0.717, 1.165) is 0 Å². The van der Waals surface area contributed by atoms with Crippen molar-refractivity contribution < 1.29 is 13.2 Å². The van der Waals surface area contributed by atoms with Gasteiger partial charge in [0.25, 0.3) is 5.91 Å². The molecule has 0 spiro atoms. The summed E-state index contributed by atoms with van der Waals surface area (Å²) < 4.78 is 23.2. The number of aromatic nitrogens is 2. The van der Waals surface area contributed by atoms with Crippen molar-refractivity contribution in [1.29, 1.82) is 0 Å². The zero-order valence-corrected chi connectivity index (χ0v) is 12.9. The SMILES string of the molecule is CC1CS(=O)(=O)CCN1C(=O)c1sc2nccnc2c1N. The van der Waals surface area contributed by atoms with Crippen LogP contribution in [0.25, 0.3) is 10.3 Å². The second-order valence-electron chi connectivity index (χ2n) is 5.02. The van der Waals surface area contributed by atoms with Gasteiger partial charge in [0.15, 0.2) is 9.84 Å². The maximum absolute atomic E-state index is 12.6. The van der Waals surface area contributed by atoms with E-state index in [9.17, 15) is 13.2 Å². The average molecular weight is 326 g/mol. The molecule has 1 aliphatic heterocycles. The van der Waals surface area contributed by atoms with E-state index < -0.39 is 9.84 Å². The van der Waals surface area contributed by atoms with Gasteiger partial charge in [-0.25, -0.2) is 18.4 Å². The number of hydrogen-bond acceptors (Lipinski definition) is 7. The fourth-order valence-electron chi connectivity index (χ4n) is 2.43. The van der Waals surface area contributed by atoms with Crippen LogP contribution in [-0.2, 0) is 9.84 Å². The normalized spacial score (nSPS) is 21.6. The van der Waals surface area contributed by atoms with Crippen LogP contribution in [0.5, 0.6) is 0 Å². The molecule has 3 heterocycles. The molecular formula is C12H14N4O3S2. The first-order valence-electron chi connectivity index (χ1n) is 6.39.